The molecule has 1 fully saturated rings. The Bertz CT molecular complexity index is 946. The molecule has 8 nitrogen and oxygen atoms in total. The average molecular weight is 428 g/mol. The Morgan fingerprint density at radius 1 is 1.33 bits per heavy atom. The lowest BCUT2D eigenvalue weighted by atomic mass is 10.0. The predicted molar refractivity (Wildman–Crippen MR) is 114 cm³/mol. The van der Waals surface area contributed by atoms with E-state index < -0.39 is 0 Å². The molecule has 2 aromatic rings. The Labute approximate surface area is 179 Å². The number of aryl methyl sites for hydroxylation is 2. The third-order valence-corrected chi connectivity index (χ3v) is 6.99. The largest absolute Gasteiger partial charge is 0.376 e. The first-order chi connectivity index (χ1) is 14.7. The summed E-state index contributed by atoms with van der Waals surface area (Å²) < 4.78 is 5.70. The smallest absolute Gasteiger partial charge is 0.253 e. The zero-order chi connectivity index (χ0) is 20.5. The van der Waals surface area contributed by atoms with Crippen molar-refractivity contribution in [2.45, 2.75) is 51.2 Å². The van der Waals surface area contributed by atoms with Crippen molar-refractivity contribution in [1.29, 1.82) is 0 Å². The quantitative estimate of drug-likeness (QED) is 0.760. The Hall–Kier alpha value is -2.52. The summed E-state index contributed by atoms with van der Waals surface area (Å²) in [4.78, 5) is 37.4. The lowest BCUT2D eigenvalue weighted by Gasteiger charge is -2.31. The van der Waals surface area contributed by atoms with E-state index in [1.807, 2.05) is 0 Å². The Kier molecular flexibility index (Phi) is 5.39. The maximum absolute atomic E-state index is 12.8. The molecule has 0 saturated carbocycles. The summed E-state index contributed by atoms with van der Waals surface area (Å²) in [6.45, 7) is 1.83. The molecule has 2 aliphatic heterocycles. The number of aromatic nitrogens is 2. The lowest BCUT2D eigenvalue weighted by Crippen LogP contribution is -2.44. The van der Waals surface area contributed by atoms with Gasteiger partial charge in [0.15, 0.2) is 0 Å². The van der Waals surface area contributed by atoms with Gasteiger partial charge in [-0.1, -0.05) is 0 Å². The first kappa shape index (κ1) is 19.4. The van der Waals surface area contributed by atoms with Crippen LogP contribution in [0.4, 0.5) is 11.5 Å². The second-order valence-corrected chi connectivity index (χ2v) is 9.12. The minimum absolute atomic E-state index is 0.0355. The van der Waals surface area contributed by atoms with Gasteiger partial charge in [-0.15, -0.1) is 11.3 Å². The van der Waals surface area contributed by atoms with E-state index in [4.69, 9.17) is 4.74 Å². The molecule has 5 rings (SSSR count). The summed E-state index contributed by atoms with van der Waals surface area (Å²) in [7, 11) is 0. The van der Waals surface area contributed by atoms with Crippen LogP contribution in [0.25, 0.3) is 0 Å². The van der Waals surface area contributed by atoms with E-state index >= 15 is 0 Å². The van der Waals surface area contributed by atoms with E-state index in [9.17, 15) is 9.59 Å². The topological polar surface area (TPSA) is 96.5 Å². The van der Waals surface area contributed by atoms with E-state index in [0.29, 0.717) is 30.2 Å². The van der Waals surface area contributed by atoms with E-state index in [1.54, 1.807) is 28.5 Å². The van der Waals surface area contributed by atoms with Crippen molar-refractivity contribution in [2.24, 2.45) is 0 Å². The number of ether oxygens (including phenoxy) is 1. The minimum atomic E-state index is -0.214. The van der Waals surface area contributed by atoms with Gasteiger partial charge in [0.1, 0.15) is 10.8 Å². The van der Waals surface area contributed by atoms with Crippen LogP contribution in [0.15, 0.2) is 12.3 Å². The van der Waals surface area contributed by atoms with Crippen LogP contribution in [0.1, 0.15) is 51.6 Å². The Morgan fingerprint density at radius 3 is 3.07 bits per heavy atom. The van der Waals surface area contributed by atoms with Crippen LogP contribution in [-0.2, 0) is 28.9 Å². The van der Waals surface area contributed by atoms with Gasteiger partial charge in [-0.3, -0.25) is 9.59 Å². The van der Waals surface area contributed by atoms with Gasteiger partial charge in [0.05, 0.1) is 42.7 Å². The molecule has 0 spiro atoms. The number of amides is 2. The summed E-state index contributed by atoms with van der Waals surface area (Å²) in [6, 6.07) is 1.74. The zero-order valence-electron chi connectivity index (χ0n) is 16.8. The number of nitrogens with zero attached hydrogens (tertiary/aromatic N) is 3. The number of fused-ring (bicyclic) bond motifs is 2. The van der Waals surface area contributed by atoms with Gasteiger partial charge in [-0.2, -0.15) is 0 Å². The molecule has 2 amide bonds. The first-order valence-electron chi connectivity index (χ1n) is 10.6. The molecule has 2 N–H and O–H groups in total. The maximum Gasteiger partial charge on any atom is 0.253 e. The number of carbonyl (C=O) groups excluding carboxylic acids is 2. The molecule has 30 heavy (non-hydrogen) atoms. The average Bonchev–Trinajstić information content (AvgIpc) is 3.43. The third kappa shape index (κ3) is 3.91. The highest BCUT2D eigenvalue weighted by Gasteiger charge is 2.29. The molecule has 9 heteroatoms. The second-order valence-electron chi connectivity index (χ2n) is 7.95. The summed E-state index contributed by atoms with van der Waals surface area (Å²) in [5, 5.41) is 6.93. The van der Waals surface area contributed by atoms with Crippen molar-refractivity contribution in [3.05, 3.63) is 33.4 Å². The molecule has 0 bridgehead atoms. The van der Waals surface area contributed by atoms with Crippen LogP contribution in [0.3, 0.4) is 0 Å². The third-order valence-electron chi connectivity index (χ3n) is 5.83. The highest BCUT2D eigenvalue weighted by atomic mass is 32.1. The van der Waals surface area contributed by atoms with Crippen LogP contribution in [0, 0.1) is 0 Å². The summed E-state index contributed by atoms with van der Waals surface area (Å²) in [5.74, 6) is 0.371. The first-order valence-corrected chi connectivity index (χ1v) is 11.4. The molecular formula is C21H25N5O3S. The van der Waals surface area contributed by atoms with Gasteiger partial charge in [0.25, 0.3) is 5.91 Å². The predicted octanol–water partition coefficient (Wildman–Crippen LogP) is 2.28. The van der Waals surface area contributed by atoms with E-state index in [2.05, 4.69) is 20.6 Å². The van der Waals surface area contributed by atoms with Crippen molar-refractivity contribution in [3.8, 4) is 0 Å². The van der Waals surface area contributed by atoms with Crippen LogP contribution in [-0.4, -0.2) is 47.6 Å². The normalized spacial score (nSPS) is 20.5. The molecule has 1 unspecified atom stereocenters. The number of anilines is 2. The zero-order valence-corrected chi connectivity index (χ0v) is 17.6. The van der Waals surface area contributed by atoms with Crippen LogP contribution in [0.2, 0.25) is 0 Å². The van der Waals surface area contributed by atoms with Crippen molar-refractivity contribution in [2.75, 3.05) is 29.9 Å². The minimum Gasteiger partial charge on any atom is -0.376 e. The molecular weight excluding hydrogens is 402 g/mol. The van der Waals surface area contributed by atoms with Gasteiger partial charge in [0.2, 0.25) is 5.91 Å². The number of hydrogen-bond acceptors (Lipinski definition) is 7. The number of thiazole rings is 1. The SMILES string of the molecule is O=C(NCc1nc2c(s1)CCCC2)c1cnc2c(c1)N(CC1CCCO1)C(=O)CN2. The summed E-state index contributed by atoms with van der Waals surface area (Å²) in [5.41, 5.74) is 2.27. The summed E-state index contributed by atoms with van der Waals surface area (Å²) >= 11 is 1.70. The molecule has 2 aromatic heterocycles. The molecule has 0 radical (unpaired) electrons. The van der Waals surface area contributed by atoms with Gasteiger partial charge in [0, 0.05) is 17.7 Å². The Balaban J connectivity index is 1.30. The number of rotatable bonds is 5. The van der Waals surface area contributed by atoms with Crippen LogP contribution in [0.5, 0.6) is 0 Å². The molecule has 4 heterocycles. The number of pyridine rings is 1. The van der Waals surface area contributed by atoms with E-state index in [1.165, 1.54) is 23.4 Å². The summed E-state index contributed by atoms with van der Waals surface area (Å²) in [6.07, 6.45) is 8.08. The number of hydrogen-bond donors (Lipinski definition) is 2. The molecule has 1 atom stereocenters. The van der Waals surface area contributed by atoms with Crippen LogP contribution >= 0.6 is 11.3 Å². The lowest BCUT2D eigenvalue weighted by molar-refractivity contribution is -0.117. The van der Waals surface area contributed by atoms with E-state index in [0.717, 1.165) is 37.3 Å². The van der Waals surface area contributed by atoms with Crippen molar-refractivity contribution in [1.82, 2.24) is 15.3 Å². The molecule has 1 aliphatic carbocycles. The second kappa shape index (κ2) is 8.31. The number of nitrogens with one attached hydrogen (secondary N) is 2. The molecule has 0 aromatic carbocycles. The van der Waals surface area contributed by atoms with E-state index in [-0.39, 0.29) is 24.5 Å². The number of carbonyl (C=O) groups is 2. The fourth-order valence-corrected chi connectivity index (χ4v) is 5.34. The molecule has 3 aliphatic rings. The Morgan fingerprint density at radius 2 is 2.23 bits per heavy atom. The van der Waals surface area contributed by atoms with Crippen molar-refractivity contribution < 1.29 is 14.3 Å². The maximum atomic E-state index is 12.8. The highest BCUT2D eigenvalue weighted by Crippen LogP contribution is 2.30. The molecule has 158 valence electrons. The van der Waals surface area contributed by atoms with Gasteiger partial charge in [-0.05, 0) is 44.6 Å². The highest BCUT2D eigenvalue weighted by molar-refractivity contribution is 7.11. The monoisotopic (exact) mass is 427 g/mol. The molecule has 1 saturated heterocycles. The fourth-order valence-electron chi connectivity index (χ4n) is 4.24. The van der Waals surface area contributed by atoms with Crippen molar-refractivity contribution >= 4 is 34.7 Å². The fraction of sp³-hybridized carbons (Fsp3) is 0.524. The van der Waals surface area contributed by atoms with Gasteiger partial charge < -0.3 is 20.3 Å². The van der Waals surface area contributed by atoms with Gasteiger partial charge >= 0.3 is 0 Å². The van der Waals surface area contributed by atoms with Gasteiger partial charge in [-0.25, -0.2) is 9.97 Å². The standard InChI is InChI=1S/C21H25N5O3S/c27-19-11-23-20-16(26(19)12-14-4-3-7-29-14)8-13(9-22-20)21(28)24-10-18-25-15-5-1-2-6-17(15)30-18/h8-9,14H,1-7,10-12H2,(H,22,23)(H,24,28). The van der Waals surface area contributed by atoms with Crippen LogP contribution < -0.4 is 15.5 Å². The van der Waals surface area contributed by atoms with Crippen molar-refractivity contribution in [3.63, 3.8) is 0 Å².